The van der Waals surface area contributed by atoms with E-state index in [1.807, 2.05) is 55.5 Å². The standard InChI is InChI=1S/C28H32N2O4/c1-20-24(13-14-25(31)29-20)22-11-9-21(10-12-22)15-17-30-18-16-28(34-26(30)32,19-27(2,3)33)23-7-5-4-6-8-23/h4-14,33H,15-19H2,1-3H3,(H,29,31)/t28-/m0/s1. The van der Waals surface area contributed by atoms with Crippen LogP contribution in [-0.4, -0.2) is 39.8 Å². The van der Waals surface area contributed by atoms with Gasteiger partial charge in [-0.3, -0.25) is 4.79 Å². The topological polar surface area (TPSA) is 82.6 Å². The first-order chi connectivity index (χ1) is 16.2. The minimum Gasteiger partial charge on any atom is -0.438 e. The first-order valence-corrected chi connectivity index (χ1v) is 11.7. The molecule has 1 aliphatic heterocycles. The van der Waals surface area contributed by atoms with Crippen LogP contribution in [-0.2, 0) is 16.8 Å². The number of nitrogens with one attached hydrogen (secondary N) is 1. The zero-order valence-electron chi connectivity index (χ0n) is 20.0. The number of aryl methyl sites for hydroxylation is 1. The quantitative estimate of drug-likeness (QED) is 0.531. The van der Waals surface area contributed by atoms with Crippen LogP contribution >= 0.6 is 0 Å². The predicted octanol–water partition coefficient (Wildman–Crippen LogP) is 4.79. The third-order valence-electron chi connectivity index (χ3n) is 6.40. The average Bonchev–Trinajstić information content (AvgIpc) is 2.79. The Morgan fingerprint density at radius 1 is 1.03 bits per heavy atom. The summed E-state index contributed by atoms with van der Waals surface area (Å²) in [4.78, 5) is 29.0. The maximum Gasteiger partial charge on any atom is 0.410 e. The lowest BCUT2D eigenvalue weighted by atomic mass is 9.80. The highest BCUT2D eigenvalue weighted by Gasteiger charge is 2.45. The maximum absolute atomic E-state index is 13.0. The van der Waals surface area contributed by atoms with Gasteiger partial charge in [0.15, 0.2) is 0 Å². The van der Waals surface area contributed by atoms with Crippen LogP contribution in [0.3, 0.4) is 0 Å². The van der Waals surface area contributed by atoms with E-state index in [-0.39, 0.29) is 11.7 Å². The molecule has 178 valence electrons. The summed E-state index contributed by atoms with van der Waals surface area (Å²) in [7, 11) is 0. The fraction of sp³-hybridized carbons (Fsp3) is 0.357. The Morgan fingerprint density at radius 2 is 1.74 bits per heavy atom. The number of hydrogen-bond donors (Lipinski definition) is 2. The SMILES string of the molecule is Cc1[nH]c(=O)ccc1-c1ccc(CCN2CC[C@](CC(C)(C)O)(c3ccccc3)OC2=O)cc1. The number of aromatic nitrogens is 1. The third-order valence-corrected chi connectivity index (χ3v) is 6.40. The second kappa shape index (κ2) is 9.47. The molecule has 2 N–H and O–H groups in total. The molecule has 4 rings (SSSR count). The highest BCUT2D eigenvalue weighted by Crippen LogP contribution is 2.40. The van der Waals surface area contributed by atoms with Crippen LogP contribution in [0.4, 0.5) is 4.79 Å². The number of carbonyl (C=O) groups is 1. The van der Waals surface area contributed by atoms with Gasteiger partial charge < -0.3 is 19.7 Å². The van der Waals surface area contributed by atoms with Crippen molar-refractivity contribution >= 4 is 6.09 Å². The number of rotatable bonds is 7. The number of cyclic esters (lactones) is 1. The van der Waals surface area contributed by atoms with E-state index in [0.717, 1.165) is 27.9 Å². The first-order valence-electron chi connectivity index (χ1n) is 11.7. The van der Waals surface area contributed by atoms with E-state index in [4.69, 9.17) is 4.74 Å². The van der Waals surface area contributed by atoms with Crippen LogP contribution in [0.25, 0.3) is 11.1 Å². The second-order valence-corrected chi connectivity index (χ2v) is 9.76. The molecule has 3 aromatic rings. The van der Waals surface area contributed by atoms with Crippen molar-refractivity contribution in [1.82, 2.24) is 9.88 Å². The fourth-order valence-corrected chi connectivity index (χ4v) is 4.77. The summed E-state index contributed by atoms with van der Waals surface area (Å²) >= 11 is 0. The van der Waals surface area contributed by atoms with Crippen LogP contribution < -0.4 is 5.56 Å². The minimum absolute atomic E-state index is 0.106. The van der Waals surface area contributed by atoms with E-state index >= 15 is 0 Å². The molecule has 2 heterocycles. The number of nitrogens with zero attached hydrogens (tertiary/aromatic N) is 1. The third kappa shape index (κ3) is 5.39. The number of hydrogen-bond acceptors (Lipinski definition) is 4. The summed E-state index contributed by atoms with van der Waals surface area (Å²) < 4.78 is 6.03. The number of aromatic amines is 1. The number of ether oxygens (including phenoxy) is 1. The van der Waals surface area contributed by atoms with Gasteiger partial charge in [-0.25, -0.2) is 4.79 Å². The molecule has 0 unspecified atom stereocenters. The molecule has 1 atom stereocenters. The van der Waals surface area contributed by atoms with Crippen molar-refractivity contribution in [2.75, 3.05) is 13.1 Å². The van der Waals surface area contributed by atoms with E-state index < -0.39 is 11.2 Å². The summed E-state index contributed by atoms with van der Waals surface area (Å²) in [5.41, 5.74) is 3.00. The molecule has 0 bridgehead atoms. The van der Waals surface area contributed by atoms with Crippen LogP contribution in [0.2, 0.25) is 0 Å². The molecule has 1 aliphatic rings. The Balaban J connectivity index is 1.42. The Hall–Kier alpha value is -3.38. The van der Waals surface area contributed by atoms with Crippen LogP contribution in [0, 0.1) is 6.92 Å². The lowest BCUT2D eigenvalue weighted by Crippen LogP contribution is -2.51. The molecule has 6 nitrogen and oxygen atoms in total. The molecule has 2 aromatic carbocycles. The monoisotopic (exact) mass is 460 g/mol. The molecule has 0 spiro atoms. The van der Waals surface area contributed by atoms with Gasteiger partial charge in [0.25, 0.3) is 0 Å². The molecule has 6 heteroatoms. The van der Waals surface area contributed by atoms with Crippen molar-refractivity contribution in [1.29, 1.82) is 0 Å². The van der Waals surface area contributed by atoms with Crippen LogP contribution in [0.1, 0.15) is 43.5 Å². The Morgan fingerprint density at radius 3 is 2.35 bits per heavy atom. The lowest BCUT2D eigenvalue weighted by molar-refractivity contribution is -0.0960. The Kier molecular flexibility index (Phi) is 6.62. The number of carbonyl (C=O) groups excluding carboxylic acids is 1. The van der Waals surface area contributed by atoms with Gasteiger partial charge in [0.2, 0.25) is 5.56 Å². The number of benzene rings is 2. The molecule has 1 amide bonds. The van der Waals surface area contributed by atoms with Crippen molar-refractivity contribution in [3.8, 4) is 11.1 Å². The number of pyridine rings is 1. The van der Waals surface area contributed by atoms with Crippen molar-refractivity contribution in [2.45, 2.75) is 51.2 Å². The van der Waals surface area contributed by atoms with Gasteiger partial charge in [-0.15, -0.1) is 0 Å². The molecule has 34 heavy (non-hydrogen) atoms. The van der Waals surface area contributed by atoms with E-state index in [1.165, 1.54) is 6.07 Å². The molecule has 0 aliphatic carbocycles. The van der Waals surface area contributed by atoms with Gasteiger partial charge in [0.1, 0.15) is 5.60 Å². The van der Waals surface area contributed by atoms with Gasteiger partial charge >= 0.3 is 6.09 Å². The van der Waals surface area contributed by atoms with Crippen molar-refractivity contribution in [2.24, 2.45) is 0 Å². The first kappa shape index (κ1) is 23.8. The molecule has 1 aromatic heterocycles. The van der Waals surface area contributed by atoms with Gasteiger partial charge in [-0.1, -0.05) is 54.6 Å². The van der Waals surface area contributed by atoms with Crippen molar-refractivity contribution < 1.29 is 14.6 Å². The molecule has 1 fully saturated rings. The van der Waals surface area contributed by atoms with Gasteiger partial charge in [0.05, 0.1) is 5.60 Å². The molecule has 0 saturated carbocycles. The van der Waals surface area contributed by atoms with Crippen molar-refractivity contribution in [3.05, 3.63) is 93.9 Å². The molecular weight excluding hydrogens is 428 g/mol. The van der Waals surface area contributed by atoms with Gasteiger partial charge in [-0.2, -0.15) is 0 Å². The number of H-pyrrole nitrogens is 1. The normalized spacial score (nSPS) is 18.6. The fourth-order valence-electron chi connectivity index (χ4n) is 4.77. The number of amides is 1. The zero-order valence-corrected chi connectivity index (χ0v) is 20.0. The minimum atomic E-state index is -0.968. The summed E-state index contributed by atoms with van der Waals surface area (Å²) in [6.07, 6.45) is 1.33. The van der Waals surface area contributed by atoms with E-state index in [0.29, 0.717) is 32.4 Å². The molecule has 0 radical (unpaired) electrons. The molecular formula is C28H32N2O4. The Bertz CT molecular complexity index is 1200. The highest BCUT2D eigenvalue weighted by atomic mass is 16.6. The second-order valence-electron chi connectivity index (χ2n) is 9.76. The van der Waals surface area contributed by atoms with Crippen LogP contribution in [0.5, 0.6) is 0 Å². The van der Waals surface area contributed by atoms with E-state index in [1.54, 1.807) is 18.7 Å². The predicted molar refractivity (Wildman–Crippen MR) is 133 cm³/mol. The van der Waals surface area contributed by atoms with E-state index in [2.05, 4.69) is 17.1 Å². The smallest absolute Gasteiger partial charge is 0.410 e. The van der Waals surface area contributed by atoms with Gasteiger partial charge in [0, 0.05) is 43.3 Å². The number of aliphatic hydroxyl groups is 1. The van der Waals surface area contributed by atoms with Crippen LogP contribution in [0.15, 0.2) is 71.5 Å². The molecule has 1 saturated heterocycles. The summed E-state index contributed by atoms with van der Waals surface area (Å²) in [6, 6.07) is 21.3. The lowest BCUT2D eigenvalue weighted by Gasteiger charge is -2.44. The Labute approximate surface area is 200 Å². The van der Waals surface area contributed by atoms with Gasteiger partial charge in [-0.05, 0) is 49.9 Å². The summed E-state index contributed by atoms with van der Waals surface area (Å²) in [5.74, 6) is 0. The zero-order chi connectivity index (χ0) is 24.3. The van der Waals surface area contributed by atoms with E-state index in [9.17, 15) is 14.7 Å². The summed E-state index contributed by atoms with van der Waals surface area (Å²) in [5, 5.41) is 10.5. The highest BCUT2D eigenvalue weighted by molar-refractivity contribution is 5.69. The maximum atomic E-state index is 13.0. The largest absolute Gasteiger partial charge is 0.438 e. The summed E-state index contributed by atoms with van der Waals surface area (Å²) in [6.45, 7) is 6.51. The average molecular weight is 461 g/mol. The van der Waals surface area contributed by atoms with Crippen molar-refractivity contribution in [3.63, 3.8) is 0 Å².